The van der Waals surface area contributed by atoms with Crippen molar-refractivity contribution in [2.45, 2.75) is 52.4 Å². The molecular formula is C18H30BrNO3Si. The Morgan fingerprint density at radius 2 is 1.96 bits per heavy atom. The van der Waals surface area contributed by atoms with Crippen LogP contribution in [0.2, 0.25) is 18.1 Å². The number of nitrogens with one attached hydrogen (secondary N) is 1. The first-order valence-electron chi connectivity index (χ1n) is 8.37. The van der Waals surface area contributed by atoms with Crippen LogP contribution in [0.4, 0.5) is 0 Å². The summed E-state index contributed by atoms with van der Waals surface area (Å²) in [5, 5.41) is 3.11. The third-order valence-corrected chi connectivity index (χ3v) is 9.74. The third kappa shape index (κ3) is 6.31. The molecule has 0 saturated heterocycles. The van der Waals surface area contributed by atoms with Gasteiger partial charge in [-0.25, -0.2) is 0 Å². The fourth-order valence-corrected chi connectivity index (χ4v) is 3.23. The van der Waals surface area contributed by atoms with Crippen molar-refractivity contribution in [2.24, 2.45) is 0 Å². The van der Waals surface area contributed by atoms with Crippen LogP contribution in [0.25, 0.3) is 0 Å². The summed E-state index contributed by atoms with van der Waals surface area (Å²) in [5.41, 5.74) is 1.61. The molecule has 24 heavy (non-hydrogen) atoms. The Balaban J connectivity index is 2.54. The summed E-state index contributed by atoms with van der Waals surface area (Å²) in [6.45, 7) is 15.2. The zero-order valence-corrected chi connectivity index (χ0v) is 18.2. The Morgan fingerprint density at radius 3 is 2.54 bits per heavy atom. The smallest absolute Gasteiger partial charge is 0.251 e. The molecule has 0 spiro atoms. The lowest BCUT2D eigenvalue weighted by Crippen LogP contribution is -2.42. The van der Waals surface area contributed by atoms with Crippen LogP contribution in [-0.4, -0.2) is 34.0 Å². The van der Waals surface area contributed by atoms with E-state index in [9.17, 15) is 4.79 Å². The van der Waals surface area contributed by atoms with E-state index < -0.39 is 8.32 Å². The van der Waals surface area contributed by atoms with Crippen molar-refractivity contribution in [3.63, 3.8) is 0 Å². The minimum Gasteiger partial charge on any atom is -0.415 e. The van der Waals surface area contributed by atoms with Crippen molar-refractivity contribution >= 4 is 30.2 Å². The van der Waals surface area contributed by atoms with Crippen LogP contribution in [0, 0.1) is 0 Å². The summed E-state index contributed by atoms with van der Waals surface area (Å²) < 4.78 is 12.5. The fourth-order valence-electron chi connectivity index (χ4n) is 1.83. The van der Waals surface area contributed by atoms with E-state index in [0.29, 0.717) is 31.9 Å². The second kappa shape index (κ2) is 9.13. The molecule has 0 bridgehead atoms. The van der Waals surface area contributed by atoms with E-state index in [4.69, 9.17) is 9.16 Å². The van der Waals surface area contributed by atoms with Gasteiger partial charge in [0.2, 0.25) is 0 Å². The van der Waals surface area contributed by atoms with E-state index in [1.807, 2.05) is 25.1 Å². The molecule has 6 heteroatoms. The molecule has 0 fully saturated rings. The molecule has 0 saturated carbocycles. The van der Waals surface area contributed by atoms with Gasteiger partial charge in [-0.2, -0.15) is 0 Å². The molecule has 1 rings (SSSR count). The van der Waals surface area contributed by atoms with Crippen LogP contribution in [0.1, 0.15) is 43.6 Å². The highest BCUT2D eigenvalue weighted by atomic mass is 79.9. The SMILES string of the molecule is CCOCc1cc(C(=O)NCCO[Si](C)(C)C(C)(C)C)ccc1Br. The number of ether oxygens (including phenoxy) is 1. The molecule has 0 aliphatic heterocycles. The number of amides is 1. The summed E-state index contributed by atoms with van der Waals surface area (Å²) in [4.78, 5) is 12.3. The molecule has 1 amide bonds. The Hall–Kier alpha value is -0.693. The number of benzene rings is 1. The summed E-state index contributed by atoms with van der Waals surface area (Å²) in [7, 11) is -1.76. The minimum atomic E-state index is -1.76. The fraction of sp³-hybridized carbons (Fsp3) is 0.611. The van der Waals surface area contributed by atoms with Gasteiger partial charge >= 0.3 is 0 Å². The van der Waals surface area contributed by atoms with Gasteiger partial charge in [0.05, 0.1) is 13.2 Å². The van der Waals surface area contributed by atoms with Crippen LogP contribution in [-0.2, 0) is 15.8 Å². The molecule has 1 aromatic rings. The first-order chi connectivity index (χ1) is 11.1. The third-order valence-electron chi connectivity index (χ3n) is 4.43. The molecule has 0 radical (unpaired) electrons. The van der Waals surface area contributed by atoms with E-state index in [-0.39, 0.29) is 10.9 Å². The first kappa shape index (κ1) is 21.3. The van der Waals surface area contributed by atoms with Crippen LogP contribution in [0.3, 0.4) is 0 Å². The average molecular weight is 416 g/mol. The lowest BCUT2D eigenvalue weighted by molar-refractivity contribution is 0.0945. The van der Waals surface area contributed by atoms with Crippen molar-refractivity contribution < 1.29 is 14.0 Å². The number of rotatable bonds is 8. The van der Waals surface area contributed by atoms with Crippen molar-refractivity contribution in [1.82, 2.24) is 5.32 Å². The topological polar surface area (TPSA) is 47.6 Å². The maximum Gasteiger partial charge on any atom is 0.251 e. The Kier molecular flexibility index (Phi) is 8.12. The number of carbonyl (C=O) groups excluding carboxylic acids is 1. The van der Waals surface area contributed by atoms with E-state index >= 15 is 0 Å². The predicted molar refractivity (Wildman–Crippen MR) is 105 cm³/mol. The molecule has 0 aliphatic rings. The van der Waals surface area contributed by atoms with Gasteiger partial charge in [-0.05, 0) is 48.8 Å². The van der Waals surface area contributed by atoms with Crippen molar-refractivity contribution in [3.05, 3.63) is 33.8 Å². The van der Waals surface area contributed by atoms with Gasteiger partial charge in [-0.15, -0.1) is 0 Å². The van der Waals surface area contributed by atoms with Gasteiger partial charge in [0.25, 0.3) is 5.91 Å². The van der Waals surface area contributed by atoms with Gasteiger partial charge < -0.3 is 14.5 Å². The van der Waals surface area contributed by atoms with Gasteiger partial charge in [-0.3, -0.25) is 4.79 Å². The number of halogens is 1. The van der Waals surface area contributed by atoms with Crippen LogP contribution in [0.5, 0.6) is 0 Å². The van der Waals surface area contributed by atoms with Crippen LogP contribution >= 0.6 is 15.9 Å². The molecule has 136 valence electrons. The second-order valence-corrected chi connectivity index (χ2v) is 13.0. The molecule has 0 unspecified atom stereocenters. The molecule has 1 aromatic carbocycles. The Bertz CT molecular complexity index is 556. The van der Waals surface area contributed by atoms with Crippen LogP contribution in [0.15, 0.2) is 22.7 Å². The predicted octanol–water partition coefficient (Wildman–Crippen LogP) is 4.74. The number of carbonyl (C=O) groups is 1. The highest BCUT2D eigenvalue weighted by molar-refractivity contribution is 9.10. The van der Waals surface area contributed by atoms with E-state index in [1.165, 1.54) is 0 Å². The normalized spacial score (nSPS) is 12.3. The van der Waals surface area contributed by atoms with Gasteiger partial charge in [0, 0.05) is 23.2 Å². The monoisotopic (exact) mass is 415 g/mol. The maximum absolute atomic E-state index is 12.3. The molecule has 1 N–H and O–H groups in total. The van der Waals surface area contributed by atoms with Crippen molar-refractivity contribution in [3.8, 4) is 0 Å². The second-order valence-electron chi connectivity index (χ2n) is 7.31. The minimum absolute atomic E-state index is 0.0842. The lowest BCUT2D eigenvalue weighted by atomic mass is 10.1. The maximum atomic E-state index is 12.3. The van der Waals surface area contributed by atoms with E-state index in [1.54, 1.807) is 0 Å². The van der Waals surface area contributed by atoms with Gasteiger partial charge in [0.15, 0.2) is 8.32 Å². The highest BCUT2D eigenvalue weighted by Gasteiger charge is 2.36. The highest BCUT2D eigenvalue weighted by Crippen LogP contribution is 2.36. The molecule has 0 aromatic heterocycles. The van der Waals surface area contributed by atoms with Gasteiger partial charge in [-0.1, -0.05) is 36.7 Å². The van der Waals surface area contributed by atoms with E-state index in [2.05, 4.69) is 55.1 Å². The zero-order valence-electron chi connectivity index (χ0n) is 15.7. The summed E-state index contributed by atoms with van der Waals surface area (Å²) in [6, 6.07) is 5.56. The standard InChI is InChI=1S/C18H30BrNO3Si/c1-7-22-13-15-12-14(8-9-16(15)19)17(21)20-10-11-23-24(5,6)18(2,3)4/h8-9,12H,7,10-11,13H2,1-6H3,(H,20,21). The number of hydrogen-bond acceptors (Lipinski definition) is 3. The summed E-state index contributed by atoms with van der Waals surface area (Å²) in [5.74, 6) is -0.0842. The van der Waals surface area contributed by atoms with Crippen LogP contribution < -0.4 is 5.32 Å². The quantitative estimate of drug-likeness (QED) is 0.492. The molecule has 0 aliphatic carbocycles. The van der Waals surface area contributed by atoms with Crippen molar-refractivity contribution in [1.29, 1.82) is 0 Å². The lowest BCUT2D eigenvalue weighted by Gasteiger charge is -2.36. The Labute approximate surface area is 155 Å². The summed E-state index contributed by atoms with van der Waals surface area (Å²) >= 11 is 3.49. The number of hydrogen-bond donors (Lipinski definition) is 1. The zero-order chi connectivity index (χ0) is 18.4. The van der Waals surface area contributed by atoms with E-state index in [0.717, 1.165) is 10.0 Å². The average Bonchev–Trinajstić information content (AvgIpc) is 2.49. The Morgan fingerprint density at radius 1 is 1.29 bits per heavy atom. The van der Waals surface area contributed by atoms with Gasteiger partial charge in [0.1, 0.15) is 0 Å². The van der Waals surface area contributed by atoms with Crippen molar-refractivity contribution in [2.75, 3.05) is 19.8 Å². The first-order valence-corrected chi connectivity index (χ1v) is 12.1. The molecule has 0 atom stereocenters. The summed E-state index contributed by atoms with van der Waals surface area (Å²) in [6.07, 6.45) is 0. The molecular weight excluding hydrogens is 386 g/mol. The largest absolute Gasteiger partial charge is 0.415 e. The molecule has 0 heterocycles. The molecule has 4 nitrogen and oxygen atoms in total.